The Labute approximate surface area is 147 Å². The predicted octanol–water partition coefficient (Wildman–Crippen LogP) is 3.28. The summed E-state index contributed by atoms with van der Waals surface area (Å²) >= 11 is 6.02. The van der Waals surface area contributed by atoms with E-state index in [0.29, 0.717) is 23.8 Å². The molecule has 130 valence electrons. The first-order chi connectivity index (χ1) is 11.5. The van der Waals surface area contributed by atoms with E-state index in [1.165, 1.54) is 6.92 Å². The minimum atomic E-state index is -0.989. The third kappa shape index (κ3) is 5.06. The van der Waals surface area contributed by atoms with E-state index in [1.807, 2.05) is 0 Å². The highest BCUT2D eigenvalue weighted by atomic mass is 35.5. The molecule has 0 bridgehead atoms. The lowest BCUT2D eigenvalue weighted by Crippen LogP contribution is -2.37. The lowest BCUT2D eigenvalue weighted by Gasteiger charge is -2.22. The minimum Gasteiger partial charge on any atom is -0.343 e. The molecule has 0 spiro atoms. The maximum atomic E-state index is 12.5. The van der Waals surface area contributed by atoms with E-state index in [9.17, 15) is 14.4 Å². The molecule has 2 rings (SSSR count). The van der Waals surface area contributed by atoms with Crippen molar-refractivity contribution in [2.24, 2.45) is 5.92 Å². The van der Waals surface area contributed by atoms with Gasteiger partial charge in [-0.1, -0.05) is 36.6 Å². The van der Waals surface area contributed by atoms with Crippen LogP contribution in [-0.4, -0.2) is 35.6 Å². The smallest absolute Gasteiger partial charge is 0.235 e. The molecule has 1 aliphatic heterocycles. The van der Waals surface area contributed by atoms with Crippen LogP contribution >= 0.6 is 11.6 Å². The molecule has 1 heterocycles. The van der Waals surface area contributed by atoms with Gasteiger partial charge in [-0.25, -0.2) is 0 Å². The molecule has 1 aliphatic rings. The summed E-state index contributed by atoms with van der Waals surface area (Å²) in [6.45, 7) is 2.75. The highest BCUT2D eigenvalue weighted by Crippen LogP contribution is 2.22. The molecule has 0 unspecified atom stereocenters. The van der Waals surface area contributed by atoms with Gasteiger partial charge in [0.15, 0.2) is 0 Å². The fourth-order valence-corrected chi connectivity index (χ4v) is 3.01. The van der Waals surface area contributed by atoms with Gasteiger partial charge in [0.1, 0.15) is 11.7 Å². The van der Waals surface area contributed by atoms with Crippen molar-refractivity contribution in [3.63, 3.8) is 0 Å². The number of Topliss-reactive ketones (excluding diaryl/α,β-unsaturated/α-hetero) is 1. The largest absolute Gasteiger partial charge is 0.343 e. The Hall–Kier alpha value is -1.88. The summed E-state index contributed by atoms with van der Waals surface area (Å²) in [5.74, 6) is -1.93. The van der Waals surface area contributed by atoms with E-state index in [-0.39, 0.29) is 18.1 Å². The number of benzene rings is 1. The molecule has 0 aliphatic carbocycles. The van der Waals surface area contributed by atoms with E-state index < -0.39 is 11.8 Å². The molecule has 0 aromatic heterocycles. The van der Waals surface area contributed by atoms with Crippen molar-refractivity contribution >= 4 is 34.9 Å². The number of carbonyl (C=O) groups excluding carboxylic acids is 3. The number of halogens is 1. The second kappa shape index (κ2) is 8.83. The van der Waals surface area contributed by atoms with Gasteiger partial charge in [0.05, 0.1) is 10.7 Å². The van der Waals surface area contributed by atoms with E-state index in [0.717, 1.165) is 25.7 Å². The molecule has 5 nitrogen and oxygen atoms in total. The molecule has 0 saturated carbocycles. The average Bonchev–Trinajstić information content (AvgIpc) is 2.83. The third-order valence-corrected chi connectivity index (χ3v) is 4.61. The van der Waals surface area contributed by atoms with Gasteiger partial charge in [-0.15, -0.1) is 0 Å². The van der Waals surface area contributed by atoms with Crippen molar-refractivity contribution in [3.05, 3.63) is 29.3 Å². The van der Waals surface area contributed by atoms with Gasteiger partial charge in [-0.05, 0) is 31.9 Å². The maximum Gasteiger partial charge on any atom is 0.235 e. The first-order valence-corrected chi connectivity index (χ1v) is 8.70. The van der Waals surface area contributed by atoms with E-state index in [2.05, 4.69) is 5.32 Å². The number of para-hydroxylation sites is 1. The van der Waals surface area contributed by atoms with Crippen LogP contribution in [-0.2, 0) is 14.4 Å². The summed E-state index contributed by atoms with van der Waals surface area (Å²) in [6.07, 6.45) is 4.09. The molecule has 6 heteroatoms. The Bertz CT molecular complexity index is 610. The van der Waals surface area contributed by atoms with E-state index in [4.69, 9.17) is 11.6 Å². The van der Waals surface area contributed by atoms with Crippen LogP contribution in [0.1, 0.15) is 39.0 Å². The van der Waals surface area contributed by atoms with Crippen LogP contribution in [0, 0.1) is 5.92 Å². The second-order valence-corrected chi connectivity index (χ2v) is 6.54. The lowest BCUT2D eigenvalue weighted by atomic mass is 9.99. The molecule has 2 amide bonds. The fourth-order valence-electron chi connectivity index (χ4n) is 2.83. The van der Waals surface area contributed by atoms with Crippen LogP contribution < -0.4 is 5.32 Å². The first kappa shape index (κ1) is 18.5. The summed E-state index contributed by atoms with van der Waals surface area (Å²) < 4.78 is 0. The average molecular weight is 351 g/mol. The van der Waals surface area contributed by atoms with Crippen LogP contribution in [0.4, 0.5) is 5.69 Å². The fraction of sp³-hybridized carbons (Fsp3) is 0.500. The van der Waals surface area contributed by atoms with Crippen molar-refractivity contribution < 1.29 is 14.4 Å². The Morgan fingerprint density at radius 2 is 1.75 bits per heavy atom. The first-order valence-electron chi connectivity index (χ1n) is 8.32. The number of likely N-dealkylation sites (tertiary alicyclic amines) is 1. The molecule has 0 radical (unpaired) electrons. The molecular formula is C18H23ClN2O3. The minimum absolute atomic E-state index is 0.0916. The maximum absolute atomic E-state index is 12.5. The highest BCUT2D eigenvalue weighted by molar-refractivity contribution is 6.33. The monoisotopic (exact) mass is 350 g/mol. The summed E-state index contributed by atoms with van der Waals surface area (Å²) in [5.41, 5.74) is 0.442. The number of anilines is 1. The van der Waals surface area contributed by atoms with Crippen LogP contribution in [0.3, 0.4) is 0 Å². The zero-order chi connectivity index (χ0) is 17.5. The standard InChI is InChI=1S/C18H23ClN2O3/c1-13(22)14(12-17(23)21-10-6-2-3-7-11-21)18(24)20-16-9-5-4-8-15(16)19/h4-5,8-9,14H,2-3,6-7,10-12H2,1H3,(H,20,24)/t14-/m0/s1. The number of nitrogens with one attached hydrogen (secondary N) is 1. The van der Waals surface area contributed by atoms with Crippen molar-refractivity contribution in [1.82, 2.24) is 4.90 Å². The molecule has 1 aromatic carbocycles. The number of ketones is 1. The Morgan fingerprint density at radius 1 is 1.12 bits per heavy atom. The summed E-state index contributed by atoms with van der Waals surface area (Å²) in [6, 6.07) is 6.81. The quantitative estimate of drug-likeness (QED) is 0.829. The molecular weight excluding hydrogens is 328 g/mol. The van der Waals surface area contributed by atoms with Gasteiger partial charge in [-0.3, -0.25) is 14.4 Å². The summed E-state index contributed by atoms with van der Waals surface area (Å²) in [5, 5.41) is 3.05. The molecule has 1 aromatic rings. The van der Waals surface area contributed by atoms with Gasteiger partial charge in [0, 0.05) is 19.5 Å². The second-order valence-electron chi connectivity index (χ2n) is 6.13. The van der Waals surface area contributed by atoms with Gasteiger partial charge in [0.25, 0.3) is 0 Å². The topological polar surface area (TPSA) is 66.5 Å². The van der Waals surface area contributed by atoms with Crippen LogP contribution in [0.5, 0.6) is 0 Å². The van der Waals surface area contributed by atoms with Crippen LogP contribution in [0.25, 0.3) is 0 Å². The van der Waals surface area contributed by atoms with Crippen molar-refractivity contribution in [1.29, 1.82) is 0 Å². The normalized spacial score (nSPS) is 16.2. The predicted molar refractivity (Wildman–Crippen MR) is 93.9 cm³/mol. The lowest BCUT2D eigenvalue weighted by molar-refractivity contribution is -0.139. The summed E-state index contributed by atoms with van der Waals surface area (Å²) in [4.78, 5) is 38.5. The number of hydrogen-bond donors (Lipinski definition) is 1. The van der Waals surface area contributed by atoms with E-state index in [1.54, 1.807) is 29.2 Å². The van der Waals surface area contributed by atoms with Crippen molar-refractivity contribution in [3.8, 4) is 0 Å². The molecule has 1 fully saturated rings. The van der Waals surface area contributed by atoms with Crippen LogP contribution in [0.15, 0.2) is 24.3 Å². The van der Waals surface area contributed by atoms with Gasteiger partial charge in [0.2, 0.25) is 11.8 Å². The van der Waals surface area contributed by atoms with Gasteiger partial charge >= 0.3 is 0 Å². The number of carbonyl (C=O) groups is 3. The Kier molecular flexibility index (Phi) is 6.79. The number of amides is 2. The molecule has 1 atom stereocenters. The highest BCUT2D eigenvalue weighted by Gasteiger charge is 2.29. The van der Waals surface area contributed by atoms with Crippen molar-refractivity contribution in [2.75, 3.05) is 18.4 Å². The molecule has 1 N–H and O–H groups in total. The number of nitrogens with zero attached hydrogens (tertiary/aromatic N) is 1. The number of hydrogen-bond acceptors (Lipinski definition) is 3. The molecule has 1 saturated heterocycles. The molecule has 24 heavy (non-hydrogen) atoms. The Morgan fingerprint density at radius 3 is 2.33 bits per heavy atom. The SMILES string of the molecule is CC(=O)[C@H](CC(=O)N1CCCCCC1)C(=O)Nc1ccccc1Cl. The third-order valence-electron chi connectivity index (χ3n) is 4.28. The van der Waals surface area contributed by atoms with Crippen LogP contribution in [0.2, 0.25) is 5.02 Å². The number of rotatable bonds is 5. The zero-order valence-electron chi connectivity index (χ0n) is 13.9. The van der Waals surface area contributed by atoms with E-state index >= 15 is 0 Å². The summed E-state index contributed by atoms with van der Waals surface area (Å²) in [7, 11) is 0. The Balaban J connectivity index is 2.02. The van der Waals surface area contributed by atoms with Gasteiger partial charge in [-0.2, -0.15) is 0 Å². The van der Waals surface area contributed by atoms with Crippen molar-refractivity contribution in [2.45, 2.75) is 39.0 Å². The van der Waals surface area contributed by atoms with Gasteiger partial charge < -0.3 is 10.2 Å². The zero-order valence-corrected chi connectivity index (χ0v) is 14.6.